The van der Waals surface area contributed by atoms with Crippen molar-refractivity contribution in [2.45, 2.75) is 25.7 Å². The molecule has 1 aromatic carbocycles. The van der Waals surface area contributed by atoms with Gasteiger partial charge in [-0.2, -0.15) is 0 Å². The summed E-state index contributed by atoms with van der Waals surface area (Å²) in [6.07, 6.45) is 0.854. The van der Waals surface area contributed by atoms with Crippen LogP contribution in [-0.4, -0.2) is 11.8 Å². The van der Waals surface area contributed by atoms with E-state index in [0.29, 0.717) is 17.9 Å². The van der Waals surface area contributed by atoms with Crippen molar-refractivity contribution in [2.24, 2.45) is 0 Å². The Morgan fingerprint density at radius 2 is 2.17 bits per heavy atom. The predicted molar refractivity (Wildman–Crippen MR) is 69.1 cm³/mol. The van der Waals surface area contributed by atoms with Crippen molar-refractivity contribution in [1.29, 1.82) is 0 Å². The first-order valence-corrected chi connectivity index (χ1v) is 6.05. The third kappa shape index (κ3) is 2.55. The first-order valence-electron chi connectivity index (χ1n) is 5.67. The molecule has 1 saturated heterocycles. The van der Waals surface area contributed by atoms with Crippen molar-refractivity contribution in [3.8, 4) is 11.8 Å². The highest BCUT2D eigenvalue weighted by molar-refractivity contribution is 6.31. The lowest BCUT2D eigenvalue weighted by Gasteiger charge is -2.22. The second-order valence-electron chi connectivity index (χ2n) is 4.11. The molecule has 0 spiro atoms. The van der Waals surface area contributed by atoms with Gasteiger partial charge in [0.15, 0.2) is 0 Å². The summed E-state index contributed by atoms with van der Waals surface area (Å²) in [5.41, 5.74) is 1.57. The maximum Gasteiger partial charge on any atom is 0.234 e. The third-order valence-electron chi connectivity index (χ3n) is 2.88. The van der Waals surface area contributed by atoms with Crippen molar-refractivity contribution < 1.29 is 9.59 Å². The maximum absolute atomic E-state index is 11.7. The maximum atomic E-state index is 11.7. The van der Waals surface area contributed by atoms with Gasteiger partial charge >= 0.3 is 0 Å². The zero-order valence-electron chi connectivity index (χ0n) is 9.92. The van der Waals surface area contributed by atoms with Gasteiger partial charge in [-0.25, -0.2) is 0 Å². The molecule has 2 rings (SSSR count). The highest BCUT2D eigenvalue weighted by Crippen LogP contribution is 2.30. The number of benzene rings is 1. The van der Waals surface area contributed by atoms with E-state index in [0.717, 1.165) is 11.1 Å². The van der Waals surface area contributed by atoms with Gasteiger partial charge in [-0.3, -0.25) is 14.9 Å². The molecule has 1 atom stereocenters. The largest absolute Gasteiger partial charge is 0.296 e. The predicted octanol–water partition coefficient (Wildman–Crippen LogP) is 2.23. The number of carbonyl (C=O) groups is 2. The van der Waals surface area contributed by atoms with E-state index in [9.17, 15) is 9.59 Å². The van der Waals surface area contributed by atoms with Crippen molar-refractivity contribution in [3.63, 3.8) is 0 Å². The van der Waals surface area contributed by atoms with E-state index in [4.69, 9.17) is 11.6 Å². The van der Waals surface area contributed by atoms with Gasteiger partial charge in [-0.05, 0) is 31.0 Å². The van der Waals surface area contributed by atoms with Crippen LogP contribution in [0, 0.1) is 11.8 Å². The molecular formula is C14H12ClNO2. The number of amides is 2. The van der Waals surface area contributed by atoms with E-state index >= 15 is 0 Å². The summed E-state index contributed by atoms with van der Waals surface area (Å²) < 4.78 is 0. The summed E-state index contributed by atoms with van der Waals surface area (Å²) in [5.74, 6) is 4.85. The van der Waals surface area contributed by atoms with Gasteiger partial charge in [0.05, 0.1) is 5.92 Å². The molecule has 92 valence electrons. The van der Waals surface area contributed by atoms with E-state index in [1.807, 2.05) is 12.1 Å². The summed E-state index contributed by atoms with van der Waals surface area (Å²) in [7, 11) is 0. The molecule has 0 aliphatic carbocycles. The topological polar surface area (TPSA) is 46.2 Å². The summed E-state index contributed by atoms with van der Waals surface area (Å²) >= 11 is 6.17. The second-order valence-corrected chi connectivity index (χ2v) is 4.52. The minimum absolute atomic E-state index is 0.221. The number of nitrogens with one attached hydrogen (secondary N) is 1. The Balaban J connectivity index is 2.30. The number of hydrogen-bond donors (Lipinski definition) is 1. The first kappa shape index (κ1) is 12.7. The Kier molecular flexibility index (Phi) is 3.69. The average molecular weight is 262 g/mol. The van der Waals surface area contributed by atoms with E-state index in [-0.39, 0.29) is 17.7 Å². The first-order chi connectivity index (χ1) is 8.61. The van der Waals surface area contributed by atoms with Crippen molar-refractivity contribution in [1.82, 2.24) is 5.32 Å². The zero-order valence-corrected chi connectivity index (χ0v) is 10.7. The van der Waals surface area contributed by atoms with E-state index in [2.05, 4.69) is 17.2 Å². The standard InChI is InChI=1S/C14H12ClNO2/c1-2-3-9-4-5-10(12(15)8-9)11-6-7-13(17)16-14(11)18/h4-5,8,11H,6-7H2,1H3,(H,16,17,18). The summed E-state index contributed by atoms with van der Waals surface area (Å²) in [4.78, 5) is 22.8. The molecular weight excluding hydrogens is 250 g/mol. The normalized spacial score (nSPS) is 18.9. The Hall–Kier alpha value is -1.79. The molecule has 1 fully saturated rings. The van der Waals surface area contributed by atoms with Gasteiger partial charge in [0.2, 0.25) is 11.8 Å². The highest BCUT2D eigenvalue weighted by atomic mass is 35.5. The van der Waals surface area contributed by atoms with Crippen LogP contribution in [0.15, 0.2) is 18.2 Å². The van der Waals surface area contributed by atoms with Crippen LogP contribution in [0.5, 0.6) is 0 Å². The molecule has 0 radical (unpaired) electrons. The molecule has 0 aromatic heterocycles. The average Bonchev–Trinajstić information content (AvgIpc) is 2.31. The van der Waals surface area contributed by atoms with E-state index < -0.39 is 0 Å². The second kappa shape index (κ2) is 5.24. The van der Waals surface area contributed by atoms with Gasteiger partial charge in [0, 0.05) is 17.0 Å². The van der Waals surface area contributed by atoms with Gasteiger partial charge in [0.1, 0.15) is 0 Å². The van der Waals surface area contributed by atoms with Crippen LogP contribution in [0.2, 0.25) is 5.02 Å². The monoisotopic (exact) mass is 261 g/mol. The quantitative estimate of drug-likeness (QED) is 0.622. The fraction of sp³-hybridized carbons (Fsp3) is 0.286. The van der Waals surface area contributed by atoms with Crippen LogP contribution in [0.25, 0.3) is 0 Å². The molecule has 1 aromatic rings. The molecule has 1 unspecified atom stereocenters. The van der Waals surface area contributed by atoms with E-state index in [1.54, 1.807) is 13.0 Å². The SMILES string of the molecule is CC#Cc1ccc(C2CCC(=O)NC2=O)c(Cl)c1. The molecule has 1 aliphatic rings. The molecule has 18 heavy (non-hydrogen) atoms. The minimum atomic E-state index is -0.348. The lowest BCUT2D eigenvalue weighted by molar-refractivity contribution is -0.134. The number of rotatable bonds is 1. The smallest absolute Gasteiger partial charge is 0.234 e. The molecule has 0 bridgehead atoms. The van der Waals surface area contributed by atoms with Crippen molar-refractivity contribution in [2.75, 3.05) is 0 Å². The van der Waals surface area contributed by atoms with Crippen LogP contribution in [0.4, 0.5) is 0 Å². The highest BCUT2D eigenvalue weighted by Gasteiger charge is 2.29. The van der Waals surface area contributed by atoms with Gasteiger partial charge < -0.3 is 0 Å². The van der Waals surface area contributed by atoms with Crippen LogP contribution in [0.3, 0.4) is 0 Å². The molecule has 3 nitrogen and oxygen atoms in total. The fourth-order valence-corrected chi connectivity index (χ4v) is 2.33. The Morgan fingerprint density at radius 3 is 2.78 bits per heavy atom. The van der Waals surface area contributed by atoms with Crippen LogP contribution in [-0.2, 0) is 9.59 Å². The number of halogens is 1. The van der Waals surface area contributed by atoms with Gasteiger partial charge in [-0.15, -0.1) is 5.92 Å². The Labute approximate surface area is 111 Å². The summed E-state index contributed by atoms with van der Waals surface area (Å²) in [6.45, 7) is 1.75. The van der Waals surface area contributed by atoms with Crippen LogP contribution in [0.1, 0.15) is 36.8 Å². The molecule has 1 heterocycles. The van der Waals surface area contributed by atoms with Crippen molar-refractivity contribution >= 4 is 23.4 Å². The zero-order chi connectivity index (χ0) is 13.1. The number of carbonyl (C=O) groups excluding carboxylic acids is 2. The van der Waals surface area contributed by atoms with Crippen LogP contribution >= 0.6 is 11.6 Å². The number of hydrogen-bond acceptors (Lipinski definition) is 2. The summed E-state index contributed by atoms with van der Waals surface area (Å²) in [6, 6.07) is 5.39. The number of piperidine rings is 1. The van der Waals surface area contributed by atoms with E-state index in [1.165, 1.54) is 0 Å². The molecule has 1 aliphatic heterocycles. The molecule has 4 heteroatoms. The number of imide groups is 1. The lowest BCUT2D eigenvalue weighted by Crippen LogP contribution is -2.39. The Morgan fingerprint density at radius 1 is 1.39 bits per heavy atom. The Bertz CT molecular complexity index is 569. The molecule has 1 N–H and O–H groups in total. The fourth-order valence-electron chi connectivity index (χ4n) is 2.02. The van der Waals surface area contributed by atoms with Crippen LogP contribution < -0.4 is 5.32 Å². The molecule has 0 saturated carbocycles. The van der Waals surface area contributed by atoms with Gasteiger partial charge in [0.25, 0.3) is 0 Å². The lowest BCUT2D eigenvalue weighted by atomic mass is 9.90. The van der Waals surface area contributed by atoms with Gasteiger partial charge in [-0.1, -0.05) is 23.6 Å². The third-order valence-corrected chi connectivity index (χ3v) is 3.21. The summed E-state index contributed by atoms with van der Waals surface area (Å²) in [5, 5.41) is 2.85. The minimum Gasteiger partial charge on any atom is -0.296 e. The molecule has 2 amide bonds. The van der Waals surface area contributed by atoms with Crippen molar-refractivity contribution in [3.05, 3.63) is 34.3 Å².